The van der Waals surface area contributed by atoms with Crippen molar-refractivity contribution in [1.82, 2.24) is 19.5 Å². The molecule has 3 aromatic carbocycles. The number of halogens is 1. The van der Waals surface area contributed by atoms with Gasteiger partial charge in [0.1, 0.15) is 5.52 Å². The summed E-state index contributed by atoms with van der Waals surface area (Å²) in [6, 6.07) is 21.7. The molecule has 0 saturated carbocycles. The van der Waals surface area contributed by atoms with Gasteiger partial charge in [-0.1, -0.05) is 42.0 Å². The lowest BCUT2D eigenvalue weighted by Gasteiger charge is -2.12. The van der Waals surface area contributed by atoms with Crippen LogP contribution in [0.1, 0.15) is 28.9 Å². The van der Waals surface area contributed by atoms with Gasteiger partial charge in [-0.3, -0.25) is 0 Å². The lowest BCUT2D eigenvalue weighted by Crippen LogP contribution is -2.07. The van der Waals surface area contributed by atoms with Crippen molar-refractivity contribution in [2.75, 3.05) is 29.3 Å². The standard InChI is InChI=1S/C30H33N7O2S.ClH/c1-19-6-8-21(9-7-19)18-33-30-36-28-26(37(30)4)15-14-24(31-3)27(28)25-16-17-32-29(35-25)34-23-12-10-22(11-13-23)20(2)40(5,38)39;/h6-17,20,31H,18H2,1-5H3,(H,33,36)(H,32,34,35);1H. The van der Waals surface area contributed by atoms with Crippen molar-refractivity contribution >= 4 is 56.5 Å². The third-order valence-electron chi connectivity index (χ3n) is 7.08. The van der Waals surface area contributed by atoms with Crippen LogP contribution in [0.2, 0.25) is 0 Å². The maximum absolute atomic E-state index is 11.9. The number of nitrogens with one attached hydrogen (secondary N) is 3. The van der Waals surface area contributed by atoms with Gasteiger partial charge in [-0.05, 0) is 55.3 Å². The molecule has 2 heterocycles. The number of imidazole rings is 1. The zero-order valence-electron chi connectivity index (χ0n) is 23.6. The Morgan fingerprint density at radius 2 is 1.66 bits per heavy atom. The molecule has 1 unspecified atom stereocenters. The number of anilines is 4. The first kappa shape index (κ1) is 29.8. The fraction of sp³-hybridized carbons (Fsp3) is 0.233. The zero-order chi connectivity index (χ0) is 28.4. The Hall–Kier alpha value is -4.15. The number of hydrogen-bond donors (Lipinski definition) is 3. The summed E-state index contributed by atoms with van der Waals surface area (Å²) in [6.07, 6.45) is 2.95. The Bertz CT molecular complexity index is 1770. The average molecular weight is 592 g/mol. The fourth-order valence-corrected chi connectivity index (χ4v) is 5.20. The second kappa shape index (κ2) is 12.2. The molecular formula is C30H34ClN7O2S. The number of fused-ring (bicyclic) bond motifs is 1. The second-order valence-electron chi connectivity index (χ2n) is 9.92. The van der Waals surface area contributed by atoms with Crippen molar-refractivity contribution in [3.8, 4) is 11.3 Å². The summed E-state index contributed by atoms with van der Waals surface area (Å²) in [6.45, 7) is 4.43. The number of aromatic nitrogens is 4. The molecule has 9 nitrogen and oxygen atoms in total. The summed E-state index contributed by atoms with van der Waals surface area (Å²) in [5.74, 6) is 1.19. The molecule has 0 aliphatic carbocycles. The normalized spacial score (nSPS) is 12.0. The average Bonchev–Trinajstić information content (AvgIpc) is 3.27. The minimum absolute atomic E-state index is 0. The van der Waals surface area contributed by atoms with E-state index >= 15 is 0 Å². The molecule has 0 saturated heterocycles. The number of hydrogen-bond acceptors (Lipinski definition) is 8. The van der Waals surface area contributed by atoms with Gasteiger partial charge in [-0.25, -0.2) is 23.4 Å². The summed E-state index contributed by atoms with van der Waals surface area (Å²) < 4.78 is 25.9. The number of aryl methyl sites for hydroxylation is 2. The number of benzene rings is 3. The highest BCUT2D eigenvalue weighted by atomic mass is 35.5. The summed E-state index contributed by atoms with van der Waals surface area (Å²) in [4.78, 5) is 14.2. The molecule has 214 valence electrons. The predicted octanol–water partition coefficient (Wildman–Crippen LogP) is 6.26. The highest BCUT2D eigenvalue weighted by molar-refractivity contribution is 7.90. The van der Waals surface area contributed by atoms with Crippen LogP contribution in [0, 0.1) is 6.92 Å². The van der Waals surface area contributed by atoms with Gasteiger partial charge in [0.15, 0.2) is 9.84 Å². The molecular weight excluding hydrogens is 558 g/mol. The molecule has 11 heteroatoms. The van der Waals surface area contributed by atoms with E-state index in [0.717, 1.165) is 45.2 Å². The van der Waals surface area contributed by atoms with Gasteiger partial charge in [0.05, 0.1) is 22.0 Å². The van der Waals surface area contributed by atoms with E-state index < -0.39 is 15.1 Å². The molecule has 0 aliphatic heterocycles. The molecule has 3 N–H and O–H groups in total. The molecule has 5 aromatic rings. The first-order valence-electron chi connectivity index (χ1n) is 13.0. The predicted molar refractivity (Wildman–Crippen MR) is 170 cm³/mol. The molecule has 5 rings (SSSR count). The van der Waals surface area contributed by atoms with Crippen LogP contribution in [0.5, 0.6) is 0 Å². The smallest absolute Gasteiger partial charge is 0.227 e. The summed E-state index contributed by atoms with van der Waals surface area (Å²) in [5, 5.41) is 9.41. The Balaban J connectivity index is 0.00000387. The molecule has 0 bridgehead atoms. The monoisotopic (exact) mass is 591 g/mol. The van der Waals surface area contributed by atoms with Crippen LogP contribution in [0.4, 0.5) is 23.3 Å². The minimum Gasteiger partial charge on any atom is -0.388 e. The highest BCUT2D eigenvalue weighted by Crippen LogP contribution is 2.35. The fourth-order valence-electron chi connectivity index (χ4n) is 4.54. The summed E-state index contributed by atoms with van der Waals surface area (Å²) >= 11 is 0. The van der Waals surface area contributed by atoms with Crippen LogP contribution >= 0.6 is 12.4 Å². The Morgan fingerprint density at radius 1 is 0.951 bits per heavy atom. The van der Waals surface area contributed by atoms with Crippen molar-refractivity contribution in [2.24, 2.45) is 7.05 Å². The molecule has 0 radical (unpaired) electrons. The van der Waals surface area contributed by atoms with E-state index in [9.17, 15) is 8.42 Å². The van der Waals surface area contributed by atoms with E-state index in [2.05, 4.69) is 52.1 Å². The van der Waals surface area contributed by atoms with E-state index in [4.69, 9.17) is 9.97 Å². The Labute approximate surface area is 246 Å². The molecule has 0 amide bonds. The first-order chi connectivity index (χ1) is 19.1. The zero-order valence-corrected chi connectivity index (χ0v) is 25.3. The topological polar surface area (TPSA) is 114 Å². The maximum atomic E-state index is 11.9. The van der Waals surface area contributed by atoms with Crippen molar-refractivity contribution in [2.45, 2.75) is 25.6 Å². The largest absolute Gasteiger partial charge is 0.388 e. The van der Waals surface area contributed by atoms with Gasteiger partial charge in [0.2, 0.25) is 11.9 Å². The minimum atomic E-state index is -3.17. The Kier molecular flexibility index (Phi) is 8.84. The van der Waals surface area contributed by atoms with Crippen LogP contribution in [-0.2, 0) is 23.4 Å². The van der Waals surface area contributed by atoms with Gasteiger partial charge < -0.3 is 20.5 Å². The number of nitrogens with zero attached hydrogens (tertiary/aromatic N) is 4. The number of rotatable bonds is 9. The van der Waals surface area contributed by atoms with E-state index in [0.29, 0.717) is 12.5 Å². The maximum Gasteiger partial charge on any atom is 0.227 e. The van der Waals surface area contributed by atoms with E-state index in [-0.39, 0.29) is 12.4 Å². The van der Waals surface area contributed by atoms with E-state index in [1.165, 1.54) is 17.4 Å². The van der Waals surface area contributed by atoms with Crippen LogP contribution in [0.15, 0.2) is 72.9 Å². The molecule has 0 spiro atoms. The molecule has 2 aromatic heterocycles. The van der Waals surface area contributed by atoms with Crippen molar-refractivity contribution in [3.05, 3.63) is 89.6 Å². The quantitative estimate of drug-likeness (QED) is 0.184. The van der Waals surface area contributed by atoms with Gasteiger partial charge >= 0.3 is 0 Å². The van der Waals surface area contributed by atoms with E-state index in [1.54, 1.807) is 25.3 Å². The lowest BCUT2D eigenvalue weighted by molar-refractivity contribution is 0.592. The second-order valence-corrected chi connectivity index (χ2v) is 12.3. The summed E-state index contributed by atoms with van der Waals surface area (Å²) in [5.41, 5.74) is 8.20. The van der Waals surface area contributed by atoms with Crippen LogP contribution < -0.4 is 16.0 Å². The van der Waals surface area contributed by atoms with Gasteiger partial charge in [0.25, 0.3) is 0 Å². The highest BCUT2D eigenvalue weighted by Gasteiger charge is 2.19. The third-order valence-corrected chi connectivity index (χ3v) is 8.64. The van der Waals surface area contributed by atoms with Gasteiger partial charge in [0, 0.05) is 44.5 Å². The molecule has 41 heavy (non-hydrogen) atoms. The van der Waals surface area contributed by atoms with Crippen LogP contribution in [0.3, 0.4) is 0 Å². The van der Waals surface area contributed by atoms with Gasteiger partial charge in [-0.2, -0.15) is 0 Å². The lowest BCUT2D eigenvalue weighted by atomic mass is 10.1. The van der Waals surface area contributed by atoms with Crippen LogP contribution in [0.25, 0.3) is 22.3 Å². The Morgan fingerprint density at radius 3 is 2.32 bits per heavy atom. The molecule has 0 fully saturated rings. The van der Waals surface area contributed by atoms with Crippen molar-refractivity contribution < 1.29 is 8.42 Å². The van der Waals surface area contributed by atoms with Crippen molar-refractivity contribution in [1.29, 1.82) is 0 Å². The first-order valence-corrected chi connectivity index (χ1v) is 15.0. The summed E-state index contributed by atoms with van der Waals surface area (Å²) in [7, 11) is 0.703. The molecule has 1 atom stereocenters. The SMILES string of the molecule is CNc1ccc2c(nc(NCc3ccc(C)cc3)n2C)c1-c1ccnc(Nc2ccc(C(C)S(C)(=O)=O)cc2)n1.Cl. The van der Waals surface area contributed by atoms with Crippen molar-refractivity contribution in [3.63, 3.8) is 0 Å². The van der Waals surface area contributed by atoms with Gasteiger partial charge in [-0.15, -0.1) is 12.4 Å². The molecule has 0 aliphatic rings. The van der Waals surface area contributed by atoms with Crippen LogP contribution in [-0.4, -0.2) is 41.2 Å². The number of sulfone groups is 1. The van der Waals surface area contributed by atoms with E-state index in [1.807, 2.05) is 49.0 Å². The third kappa shape index (κ3) is 6.44.